The van der Waals surface area contributed by atoms with Gasteiger partial charge in [0.15, 0.2) is 5.88 Å². The number of aliphatic hydroxyl groups excluding tert-OH is 2. The second kappa shape index (κ2) is 5.65. The molecule has 7 nitrogen and oxygen atoms in total. The molecule has 0 radical (unpaired) electrons. The number of pyridine rings is 1. The van der Waals surface area contributed by atoms with E-state index < -0.39 is 36.1 Å². The highest BCUT2D eigenvalue weighted by molar-refractivity contribution is 5.94. The summed E-state index contributed by atoms with van der Waals surface area (Å²) >= 11 is 0. The van der Waals surface area contributed by atoms with E-state index in [4.69, 9.17) is 0 Å². The fourth-order valence-electron chi connectivity index (χ4n) is 1.41. The molecular weight excluding hydrogens is 240 g/mol. The molecule has 1 aromatic rings. The van der Waals surface area contributed by atoms with Gasteiger partial charge in [-0.05, 0) is 6.42 Å². The van der Waals surface area contributed by atoms with Crippen LogP contribution in [0.15, 0.2) is 16.9 Å². The molecule has 1 aromatic heterocycles. The Hall–Kier alpha value is -1.86. The van der Waals surface area contributed by atoms with Gasteiger partial charge in [-0.25, -0.2) is 0 Å². The first-order chi connectivity index (χ1) is 8.46. The van der Waals surface area contributed by atoms with Gasteiger partial charge in [0.05, 0.1) is 24.3 Å². The lowest BCUT2D eigenvalue weighted by Crippen LogP contribution is -2.53. The van der Waals surface area contributed by atoms with Crippen LogP contribution in [-0.4, -0.2) is 45.0 Å². The number of rotatable bonds is 5. The van der Waals surface area contributed by atoms with Gasteiger partial charge in [-0.15, -0.1) is 0 Å². The highest BCUT2D eigenvalue weighted by Crippen LogP contribution is 2.11. The fourth-order valence-corrected chi connectivity index (χ4v) is 1.41. The molecule has 1 amide bonds. The van der Waals surface area contributed by atoms with Crippen molar-refractivity contribution in [3.8, 4) is 5.88 Å². The predicted octanol–water partition coefficient (Wildman–Crippen LogP) is -1.06. The third-order valence-corrected chi connectivity index (χ3v) is 2.75. The molecule has 0 atom stereocenters. The Morgan fingerprint density at radius 1 is 1.39 bits per heavy atom. The average Bonchev–Trinajstić information content (AvgIpc) is 2.35. The Balaban J connectivity index is 2.97. The first-order valence-electron chi connectivity index (χ1n) is 5.44. The SMILES string of the molecule is CCC(CO)(CO)NC(=O)c1cc(O)[nH]c(=O)c1. The Bertz CT molecular complexity index is 470. The van der Waals surface area contributed by atoms with Crippen LogP contribution in [0, 0.1) is 0 Å². The van der Waals surface area contributed by atoms with Gasteiger partial charge in [-0.3, -0.25) is 14.6 Å². The molecule has 1 heterocycles. The Morgan fingerprint density at radius 2 is 2.00 bits per heavy atom. The fraction of sp³-hybridized carbons (Fsp3) is 0.455. The summed E-state index contributed by atoms with van der Waals surface area (Å²) < 4.78 is 0. The van der Waals surface area contributed by atoms with Gasteiger partial charge in [-0.1, -0.05) is 6.92 Å². The molecule has 1 rings (SSSR count). The number of hydrogen-bond donors (Lipinski definition) is 5. The minimum Gasteiger partial charge on any atom is -0.494 e. The largest absolute Gasteiger partial charge is 0.494 e. The van der Waals surface area contributed by atoms with E-state index in [1.165, 1.54) is 0 Å². The van der Waals surface area contributed by atoms with Gasteiger partial charge in [-0.2, -0.15) is 0 Å². The standard InChI is InChI=1S/C11H16N2O5/c1-2-11(5-14,6-15)13-10(18)7-3-8(16)12-9(17)4-7/h3-4,14-15H,2,5-6H2,1H3,(H,13,18)(H2,12,16,17). The maximum absolute atomic E-state index is 11.8. The molecule has 0 bridgehead atoms. The second-order valence-electron chi connectivity index (χ2n) is 4.02. The number of H-pyrrole nitrogens is 1. The zero-order chi connectivity index (χ0) is 13.8. The average molecular weight is 256 g/mol. The first-order valence-corrected chi connectivity index (χ1v) is 5.44. The Kier molecular flexibility index (Phi) is 4.46. The zero-order valence-electron chi connectivity index (χ0n) is 9.93. The smallest absolute Gasteiger partial charge is 0.252 e. The monoisotopic (exact) mass is 256 g/mol. The van der Waals surface area contributed by atoms with Crippen molar-refractivity contribution in [1.82, 2.24) is 10.3 Å². The molecule has 0 fully saturated rings. The van der Waals surface area contributed by atoms with Crippen LogP contribution in [0.1, 0.15) is 23.7 Å². The molecule has 7 heteroatoms. The molecule has 0 saturated heterocycles. The highest BCUT2D eigenvalue weighted by atomic mass is 16.3. The molecule has 0 aromatic carbocycles. The number of aromatic amines is 1. The van der Waals surface area contributed by atoms with Crippen molar-refractivity contribution in [1.29, 1.82) is 0 Å². The van der Waals surface area contributed by atoms with Crippen LogP contribution in [-0.2, 0) is 0 Å². The number of aromatic nitrogens is 1. The van der Waals surface area contributed by atoms with Gasteiger partial charge in [0.1, 0.15) is 0 Å². The predicted molar refractivity (Wildman–Crippen MR) is 63.4 cm³/mol. The third kappa shape index (κ3) is 3.08. The number of aliphatic hydroxyl groups is 2. The van der Waals surface area contributed by atoms with Crippen LogP contribution in [0.25, 0.3) is 0 Å². The minimum absolute atomic E-state index is 0.0454. The van der Waals surface area contributed by atoms with Crippen LogP contribution in [0.2, 0.25) is 0 Å². The Labute approximate surface area is 103 Å². The van der Waals surface area contributed by atoms with E-state index in [1.807, 2.05) is 0 Å². The molecule has 0 aliphatic heterocycles. The van der Waals surface area contributed by atoms with Gasteiger partial charge in [0.2, 0.25) is 0 Å². The van der Waals surface area contributed by atoms with Gasteiger partial charge >= 0.3 is 0 Å². The van der Waals surface area contributed by atoms with Crippen LogP contribution in [0.3, 0.4) is 0 Å². The maximum atomic E-state index is 11.8. The normalized spacial score (nSPS) is 11.3. The van der Waals surface area contributed by atoms with Crippen molar-refractivity contribution in [2.45, 2.75) is 18.9 Å². The molecule has 0 aliphatic carbocycles. The maximum Gasteiger partial charge on any atom is 0.252 e. The van der Waals surface area contributed by atoms with Gasteiger partial charge in [0.25, 0.3) is 11.5 Å². The van der Waals surface area contributed by atoms with Crippen LogP contribution in [0.4, 0.5) is 0 Å². The van der Waals surface area contributed by atoms with Gasteiger partial charge < -0.3 is 20.6 Å². The lowest BCUT2D eigenvalue weighted by Gasteiger charge is -2.29. The summed E-state index contributed by atoms with van der Waals surface area (Å²) in [6.45, 7) is 0.837. The number of hydrogen-bond acceptors (Lipinski definition) is 5. The van der Waals surface area contributed by atoms with Crippen molar-refractivity contribution in [3.63, 3.8) is 0 Å². The topological polar surface area (TPSA) is 123 Å². The molecule has 100 valence electrons. The van der Waals surface area contributed by atoms with Crippen molar-refractivity contribution < 1.29 is 20.1 Å². The van der Waals surface area contributed by atoms with E-state index >= 15 is 0 Å². The lowest BCUT2D eigenvalue weighted by molar-refractivity contribution is 0.0652. The summed E-state index contributed by atoms with van der Waals surface area (Å²) in [7, 11) is 0. The Morgan fingerprint density at radius 3 is 2.44 bits per heavy atom. The van der Waals surface area contributed by atoms with E-state index in [9.17, 15) is 24.9 Å². The van der Waals surface area contributed by atoms with Crippen LogP contribution in [0.5, 0.6) is 5.88 Å². The van der Waals surface area contributed by atoms with Crippen molar-refractivity contribution in [2.24, 2.45) is 0 Å². The first kappa shape index (κ1) is 14.2. The van der Waals surface area contributed by atoms with E-state index in [-0.39, 0.29) is 5.56 Å². The molecule has 0 aliphatic rings. The van der Waals surface area contributed by atoms with E-state index in [2.05, 4.69) is 10.3 Å². The lowest BCUT2D eigenvalue weighted by atomic mass is 9.98. The number of aromatic hydroxyl groups is 1. The third-order valence-electron chi connectivity index (χ3n) is 2.75. The zero-order valence-corrected chi connectivity index (χ0v) is 9.93. The highest BCUT2D eigenvalue weighted by Gasteiger charge is 2.29. The summed E-state index contributed by atoms with van der Waals surface area (Å²) in [6, 6.07) is 2.11. The van der Waals surface area contributed by atoms with Crippen molar-refractivity contribution in [2.75, 3.05) is 13.2 Å². The summed E-state index contributed by atoms with van der Waals surface area (Å²) in [4.78, 5) is 25.0. The molecule has 0 spiro atoms. The van der Waals surface area contributed by atoms with Gasteiger partial charge in [0, 0.05) is 12.1 Å². The van der Waals surface area contributed by atoms with E-state index in [0.717, 1.165) is 12.1 Å². The minimum atomic E-state index is -1.14. The van der Waals surface area contributed by atoms with Crippen LogP contribution < -0.4 is 10.9 Å². The summed E-state index contributed by atoms with van der Waals surface area (Å²) in [5, 5.41) is 30.0. The number of amides is 1. The quantitative estimate of drug-likeness (QED) is 0.460. The van der Waals surface area contributed by atoms with E-state index in [1.54, 1.807) is 6.92 Å². The molecule has 0 saturated carbocycles. The summed E-state index contributed by atoms with van der Waals surface area (Å²) in [5.41, 5.74) is -1.80. The molecule has 0 unspecified atom stereocenters. The number of carbonyl (C=O) groups is 1. The van der Waals surface area contributed by atoms with Crippen molar-refractivity contribution in [3.05, 3.63) is 28.0 Å². The summed E-state index contributed by atoms with van der Waals surface area (Å²) in [6.07, 6.45) is 0.320. The van der Waals surface area contributed by atoms with E-state index in [0.29, 0.717) is 6.42 Å². The molecule has 18 heavy (non-hydrogen) atoms. The van der Waals surface area contributed by atoms with Crippen molar-refractivity contribution >= 4 is 5.91 Å². The molecule has 5 N–H and O–H groups in total. The number of carbonyl (C=O) groups excluding carboxylic acids is 1. The number of nitrogens with one attached hydrogen (secondary N) is 2. The second-order valence-corrected chi connectivity index (χ2v) is 4.02. The summed E-state index contributed by atoms with van der Waals surface area (Å²) in [5.74, 6) is -1.08. The van der Waals surface area contributed by atoms with Crippen LogP contribution >= 0.6 is 0 Å². The molecular formula is C11H16N2O5.